The van der Waals surface area contributed by atoms with Crippen molar-refractivity contribution in [2.45, 2.75) is 24.8 Å². The van der Waals surface area contributed by atoms with Crippen LogP contribution < -0.4 is 0 Å². The van der Waals surface area contributed by atoms with Gasteiger partial charge in [-0.05, 0) is 46.8 Å². The Morgan fingerprint density at radius 3 is 2.59 bits per heavy atom. The quantitative estimate of drug-likeness (QED) is 0.786. The van der Waals surface area contributed by atoms with Gasteiger partial charge in [0.1, 0.15) is 4.60 Å². The number of sulfonamides is 1. The first-order valence-electron chi connectivity index (χ1n) is 5.63. The highest BCUT2D eigenvalue weighted by molar-refractivity contribution is 9.10. The van der Waals surface area contributed by atoms with Gasteiger partial charge in [0.15, 0.2) is 5.03 Å². The molecule has 0 radical (unpaired) electrons. The number of halogens is 1. The lowest BCUT2D eigenvalue weighted by molar-refractivity contribution is 0.287. The Morgan fingerprint density at radius 2 is 2.00 bits per heavy atom. The van der Waals surface area contributed by atoms with E-state index < -0.39 is 10.0 Å². The smallest absolute Gasteiger partial charge is 0.228 e. The van der Waals surface area contributed by atoms with Gasteiger partial charge in [-0.15, -0.1) is 0 Å². The molecule has 1 fully saturated rings. The molecule has 0 aliphatic carbocycles. The molecule has 0 bridgehead atoms. The molecule has 0 saturated carbocycles. The van der Waals surface area contributed by atoms with E-state index >= 15 is 0 Å². The van der Waals surface area contributed by atoms with E-state index in [0.29, 0.717) is 23.6 Å². The zero-order valence-electron chi connectivity index (χ0n) is 9.63. The van der Waals surface area contributed by atoms with E-state index in [4.69, 9.17) is 0 Å². The first-order chi connectivity index (χ1) is 8.00. The number of hydrogen-bond donors (Lipinski definition) is 0. The predicted octanol–water partition coefficient (Wildman–Crippen LogP) is 2.26. The van der Waals surface area contributed by atoms with E-state index in [-0.39, 0.29) is 5.03 Å². The number of nitrogens with zero attached hydrogens (tertiary/aromatic N) is 2. The average Bonchev–Trinajstić information content (AvgIpc) is 2.29. The highest BCUT2D eigenvalue weighted by Gasteiger charge is 2.28. The zero-order chi connectivity index (χ0) is 12.5. The number of piperidine rings is 1. The molecule has 1 aliphatic heterocycles. The van der Waals surface area contributed by atoms with E-state index in [2.05, 4.69) is 27.8 Å². The molecule has 0 aromatic carbocycles. The summed E-state index contributed by atoms with van der Waals surface area (Å²) in [6.07, 6.45) is 1.85. The molecule has 1 aromatic rings. The number of hydrogen-bond acceptors (Lipinski definition) is 3. The molecule has 1 aromatic heterocycles. The van der Waals surface area contributed by atoms with Crippen LogP contribution in [0.2, 0.25) is 0 Å². The minimum atomic E-state index is -3.42. The summed E-state index contributed by atoms with van der Waals surface area (Å²) in [5.41, 5.74) is 0. The van der Waals surface area contributed by atoms with Gasteiger partial charge in [0, 0.05) is 13.1 Å². The van der Waals surface area contributed by atoms with Crippen LogP contribution >= 0.6 is 15.9 Å². The van der Waals surface area contributed by atoms with Gasteiger partial charge in [0.25, 0.3) is 10.0 Å². The van der Waals surface area contributed by atoms with Crippen LogP contribution in [0, 0.1) is 5.92 Å². The third-order valence-corrected chi connectivity index (χ3v) is 5.28. The third-order valence-electron chi connectivity index (χ3n) is 3.04. The van der Waals surface area contributed by atoms with E-state index in [1.54, 1.807) is 12.1 Å². The molecule has 17 heavy (non-hydrogen) atoms. The van der Waals surface area contributed by atoms with Crippen LogP contribution in [0.25, 0.3) is 0 Å². The van der Waals surface area contributed by atoms with Crippen molar-refractivity contribution in [3.05, 3.63) is 22.8 Å². The Bertz CT molecular complexity index is 496. The van der Waals surface area contributed by atoms with Crippen molar-refractivity contribution < 1.29 is 8.42 Å². The van der Waals surface area contributed by atoms with Crippen molar-refractivity contribution in [3.8, 4) is 0 Å². The van der Waals surface area contributed by atoms with Crippen molar-refractivity contribution in [2.75, 3.05) is 13.1 Å². The van der Waals surface area contributed by atoms with Gasteiger partial charge in [-0.1, -0.05) is 13.0 Å². The van der Waals surface area contributed by atoms with Crippen LogP contribution in [-0.2, 0) is 10.0 Å². The lowest BCUT2D eigenvalue weighted by Crippen LogP contribution is -2.38. The summed E-state index contributed by atoms with van der Waals surface area (Å²) in [6.45, 7) is 3.34. The highest BCUT2D eigenvalue weighted by Crippen LogP contribution is 2.23. The summed E-state index contributed by atoms with van der Waals surface area (Å²) < 4.78 is 26.7. The van der Waals surface area contributed by atoms with Gasteiger partial charge in [0.2, 0.25) is 0 Å². The Labute approximate surface area is 110 Å². The molecule has 0 N–H and O–H groups in total. The van der Waals surface area contributed by atoms with Crippen LogP contribution in [0.3, 0.4) is 0 Å². The standard InChI is InChI=1S/C11H15BrN2O2S/c1-9-5-7-14(8-6-9)17(15,16)11-4-2-3-10(12)13-11/h2-4,9H,5-8H2,1H3. The van der Waals surface area contributed by atoms with Crippen molar-refractivity contribution in [1.29, 1.82) is 0 Å². The maximum atomic E-state index is 12.3. The largest absolute Gasteiger partial charge is 0.260 e. The fourth-order valence-electron chi connectivity index (χ4n) is 1.89. The van der Waals surface area contributed by atoms with Gasteiger partial charge in [-0.2, -0.15) is 4.31 Å². The van der Waals surface area contributed by atoms with Gasteiger partial charge in [0.05, 0.1) is 0 Å². The fourth-order valence-corrected chi connectivity index (χ4v) is 3.77. The van der Waals surface area contributed by atoms with Crippen LogP contribution in [-0.4, -0.2) is 30.8 Å². The molecular weight excluding hydrogens is 304 g/mol. The molecule has 94 valence electrons. The monoisotopic (exact) mass is 318 g/mol. The molecular formula is C11H15BrN2O2S. The van der Waals surface area contributed by atoms with Crippen molar-refractivity contribution in [1.82, 2.24) is 9.29 Å². The summed E-state index contributed by atoms with van der Waals surface area (Å²) >= 11 is 3.19. The lowest BCUT2D eigenvalue weighted by atomic mass is 10.0. The van der Waals surface area contributed by atoms with Crippen molar-refractivity contribution >= 4 is 26.0 Å². The first-order valence-corrected chi connectivity index (χ1v) is 7.86. The molecule has 0 atom stereocenters. The number of pyridine rings is 1. The topological polar surface area (TPSA) is 50.3 Å². The Morgan fingerprint density at radius 1 is 1.35 bits per heavy atom. The van der Waals surface area contributed by atoms with E-state index in [1.807, 2.05) is 0 Å². The van der Waals surface area contributed by atoms with Gasteiger partial charge >= 0.3 is 0 Å². The van der Waals surface area contributed by atoms with Gasteiger partial charge in [-0.25, -0.2) is 13.4 Å². The first kappa shape index (κ1) is 13.0. The highest BCUT2D eigenvalue weighted by atomic mass is 79.9. The maximum Gasteiger partial charge on any atom is 0.260 e. The zero-order valence-corrected chi connectivity index (χ0v) is 12.0. The molecule has 1 aliphatic rings. The van der Waals surface area contributed by atoms with Crippen molar-refractivity contribution in [2.24, 2.45) is 5.92 Å². The van der Waals surface area contributed by atoms with Crippen LogP contribution in [0.4, 0.5) is 0 Å². The average molecular weight is 319 g/mol. The normalized spacial score (nSPS) is 19.4. The number of rotatable bonds is 2. The molecule has 2 heterocycles. The SMILES string of the molecule is CC1CCN(S(=O)(=O)c2cccc(Br)n2)CC1. The predicted molar refractivity (Wildman–Crippen MR) is 69.1 cm³/mol. The Balaban J connectivity index is 2.25. The van der Waals surface area contributed by atoms with E-state index in [0.717, 1.165) is 12.8 Å². The molecule has 4 nitrogen and oxygen atoms in total. The summed E-state index contributed by atoms with van der Waals surface area (Å²) in [4.78, 5) is 4.03. The van der Waals surface area contributed by atoms with Crippen LogP contribution in [0.5, 0.6) is 0 Å². The van der Waals surface area contributed by atoms with E-state index in [9.17, 15) is 8.42 Å². The second-order valence-electron chi connectivity index (χ2n) is 4.39. The summed E-state index contributed by atoms with van der Waals surface area (Å²) in [7, 11) is -3.42. The third kappa shape index (κ3) is 2.86. The fraction of sp³-hybridized carbons (Fsp3) is 0.545. The van der Waals surface area contributed by atoms with Gasteiger partial charge < -0.3 is 0 Å². The molecule has 6 heteroatoms. The van der Waals surface area contributed by atoms with Gasteiger partial charge in [-0.3, -0.25) is 0 Å². The van der Waals surface area contributed by atoms with Crippen molar-refractivity contribution in [3.63, 3.8) is 0 Å². The second kappa shape index (κ2) is 5.04. The molecule has 0 spiro atoms. The Kier molecular flexibility index (Phi) is 3.85. The molecule has 0 unspecified atom stereocenters. The van der Waals surface area contributed by atoms with E-state index in [1.165, 1.54) is 10.4 Å². The summed E-state index contributed by atoms with van der Waals surface area (Å²) in [6, 6.07) is 4.95. The van der Waals surface area contributed by atoms with Crippen LogP contribution in [0.15, 0.2) is 27.8 Å². The molecule has 2 rings (SSSR count). The minimum absolute atomic E-state index is 0.126. The lowest BCUT2D eigenvalue weighted by Gasteiger charge is -2.28. The number of aromatic nitrogens is 1. The molecule has 0 amide bonds. The Hall–Kier alpha value is -0.460. The second-order valence-corrected chi connectivity index (χ2v) is 7.08. The summed E-state index contributed by atoms with van der Waals surface area (Å²) in [5.74, 6) is 0.608. The summed E-state index contributed by atoms with van der Waals surface area (Å²) in [5, 5.41) is 0.126. The maximum absolute atomic E-state index is 12.3. The van der Waals surface area contributed by atoms with Crippen LogP contribution in [0.1, 0.15) is 19.8 Å². The molecule has 1 saturated heterocycles. The minimum Gasteiger partial charge on any atom is -0.228 e.